The summed E-state index contributed by atoms with van der Waals surface area (Å²) in [6.45, 7) is 3.29. The van der Waals surface area contributed by atoms with Crippen molar-refractivity contribution in [1.82, 2.24) is 19.5 Å². The van der Waals surface area contributed by atoms with Gasteiger partial charge in [-0.1, -0.05) is 0 Å². The zero-order chi connectivity index (χ0) is 13.0. The van der Waals surface area contributed by atoms with Crippen molar-refractivity contribution in [2.24, 2.45) is 7.05 Å². The first-order valence-corrected chi connectivity index (χ1v) is 5.83. The fraction of sp³-hybridized carbons (Fsp3) is 0.417. The Labute approximate surface area is 106 Å². The summed E-state index contributed by atoms with van der Waals surface area (Å²) in [5.74, 6) is 2.14. The number of ether oxygens (including phenoxy) is 1. The largest absolute Gasteiger partial charge is 0.378 e. The maximum absolute atomic E-state index is 5.12. The van der Waals surface area contributed by atoms with Crippen LogP contribution >= 0.6 is 0 Å². The van der Waals surface area contributed by atoms with Gasteiger partial charge in [-0.05, 0) is 6.92 Å². The molecule has 2 aromatic heterocycles. The summed E-state index contributed by atoms with van der Waals surface area (Å²) in [5, 5.41) is 3.18. The number of anilines is 1. The van der Waals surface area contributed by atoms with Crippen LogP contribution in [0.4, 0.5) is 5.82 Å². The molecule has 0 atom stereocenters. The van der Waals surface area contributed by atoms with E-state index in [4.69, 9.17) is 4.74 Å². The van der Waals surface area contributed by atoms with Crippen molar-refractivity contribution in [2.75, 3.05) is 19.0 Å². The molecule has 6 heteroatoms. The van der Waals surface area contributed by atoms with Gasteiger partial charge in [0.15, 0.2) is 11.6 Å². The molecule has 2 aromatic rings. The number of methoxy groups -OCH3 is 1. The first-order chi connectivity index (χ1) is 8.74. The van der Waals surface area contributed by atoms with Crippen LogP contribution in [-0.2, 0) is 18.4 Å². The van der Waals surface area contributed by atoms with Crippen LogP contribution in [0.2, 0.25) is 0 Å². The molecule has 0 bridgehead atoms. The minimum atomic E-state index is 0.457. The Bertz CT molecular complexity index is 499. The van der Waals surface area contributed by atoms with Crippen LogP contribution in [0.25, 0.3) is 11.6 Å². The quantitative estimate of drug-likeness (QED) is 0.866. The monoisotopic (exact) mass is 247 g/mol. The smallest absolute Gasteiger partial charge is 0.198 e. The molecular weight excluding hydrogens is 230 g/mol. The number of aryl methyl sites for hydroxylation is 1. The van der Waals surface area contributed by atoms with Gasteiger partial charge >= 0.3 is 0 Å². The van der Waals surface area contributed by atoms with E-state index in [1.54, 1.807) is 13.3 Å². The lowest BCUT2D eigenvalue weighted by Crippen LogP contribution is -2.06. The summed E-state index contributed by atoms with van der Waals surface area (Å²) >= 11 is 0. The van der Waals surface area contributed by atoms with Gasteiger partial charge in [0.25, 0.3) is 0 Å². The number of rotatable bonds is 5. The predicted octanol–water partition coefficient (Wildman–Crippen LogP) is 1.46. The second-order valence-corrected chi connectivity index (χ2v) is 3.89. The number of hydrogen-bond donors (Lipinski definition) is 1. The second-order valence-electron chi connectivity index (χ2n) is 3.89. The third kappa shape index (κ3) is 2.65. The molecule has 0 aromatic carbocycles. The summed E-state index contributed by atoms with van der Waals surface area (Å²) in [5.41, 5.74) is 0.835. The van der Waals surface area contributed by atoms with Crippen molar-refractivity contribution < 1.29 is 4.74 Å². The summed E-state index contributed by atoms with van der Waals surface area (Å²) in [6, 6.07) is 1.89. The highest BCUT2D eigenvalue weighted by Crippen LogP contribution is 2.16. The Kier molecular flexibility index (Phi) is 3.88. The Morgan fingerprint density at radius 1 is 1.39 bits per heavy atom. The molecular formula is C12H17N5O. The van der Waals surface area contributed by atoms with Gasteiger partial charge in [0.2, 0.25) is 0 Å². The van der Waals surface area contributed by atoms with E-state index in [0.29, 0.717) is 12.4 Å². The molecule has 96 valence electrons. The van der Waals surface area contributed by atoms with Crippen molar-refractivity contribution >= 4 is 5.82 Å². The third-order valence-electron chi connectivity index (χ3n) is 2.45. The summed E-state index contributed by atoms with van der Waals surface area (Å²) < 4.78 is 7.01. The minimum Gasteiger partial charge on any atom is -0.378 e. The van der Waals surface area contributed by atoms with Gasteiger partial charge < -0.3 is 14.6 Å². The number of nitrogens with one attached hydrogen (secondary N) is 1. The molecule has 0 unspecified atom stereocenters. The molecule has 0 saturated heterocycles. The third-order valence-corrected chi connectivity index (χ3v) is 2.45. The fourth-order valence-electron chi connectivity index (χ4n) is 1.67. The molecule has 0 radical (unpaired) electrons. The van der Waals surface area contributed by atoms with Gasteiger partial charge in [-0.25, -0.2) is 15.0 Å². The average Bonchev–Trinajstić information content (AvgIpc) is 2.76. The van der Waals surface area contributed by atoms with Crippen LogP contribution in [0.15, 0.2) is 18.5 Å². The van der Waals surface area contributed by atoms with Gasteiger partial charge in [0.05, 0.1) is 12.3 Å². The molecule has 18 heavy (non-hydrogen) atoms. The van der Waals surface area contributed by atoms with Crippen molar-refractivity contribution in [3.8, 4) is 11.6 Å². The zero-order valence-corrected chi connectivity index (χ0v) is 10.8. The molecule has 6 nitrogen and oxygen atoms in total. The van der Waals surface area contributed by atoms with E-state index < -0.39 is 0 Å². The minimum absolute atomic E-state index is 0.457. The standard InChI is InChI=1S/C12H17N5O/c1-4-13-10-7-9(8-18-3)15-11(16-10)12-14-5-6-17(12)2/h5-7H,4,8H2,1-3H3,(H,13,15,16). The van der Waals surface area contributed by atoms with Gasteiger partial charge in [-0.15, -0.1) is 0 Å². The van der Waals surface area contributed by atoms with E-state index in [9.17, 15) is 0 Å². The Hall–Kier alpha value is -1.95. The molecule has 0 aliphatic heterocycles. The molecule has 0 spiro atoms. The van der Waals surface area contributed by atoms with Crippen molar-refractivity contribution in [1.29, 1.82) is 0 Å². The van der Waals surface area contributed by atoms with Crippen molar-refractivity contribution in [2.45, 2.75) is 13.5 Å². The second kappa shape index (κ2) is 5.59. The van der Waals surface area contributed by atoms with E-state index in [0.717, 1.165) is 23.9 Å². The van der Waals surface area contributed by atoms with Crippen LogP contribution in [0.3, 0.4) is 0 Å². The lowest BCUT2D eigenvalue weighted by Gasteiger charge is -2.08. The molecule has 0 amide bonds. The van der Waals surface area contributed by atoms with Gasteiger partial charge in [0, 0.05) is 39.2 Å². The summed E-state index contributed by atoms with van der Waals surface area (Å²) in [6.07, 6.45) is 3.60. The highest BCUT2D eigenvalue weighted by molar-refractivity contribution is 5.49. The lowest BCUT2D eigenvalue weighted by molar-refractivity contribution is 0.181. The number of imidazole rings is 1. The topological polar surface area (TPSA) is 64.9 Å². The van der Waals surface area contributed by atoms with Crippen LogP contribution < -0.4 is 5.32 Å². The van der Waals surface area contributed by atoms with Crippen LogP contribution in [0, 0.1) is 0 Å². The number of hydrogen-bond acceptors (Lipinski definition) is 5. The molecule has 1 N–H and O–H groups in total. The van der Waals surface area contributed by atoms with Crippen molar-refractivity contribution in [3.63, 3.8) is 0 Å². The number of nitrogens with zero attached hydrogens (tertiary/aromatic N) is 4. The van der Waals surface area contributed by atoms with E-state index >= 15 is 0 Å². The van der Waals surface area contributed by atoms with E-state index in [-0.39, 0.29) is 0 Å². The average molecular weight is 247 g/mol. The summed E-state index contributed by atoms with van der Waals surface area (Å²) in [7, 11) is 3.57. The van der Waals surface area contributed by atoms with Gasteiger partial charge in [-0.2, -0.15) is 0 Å². The maximum Gasteiger partial charge on any atom is 0.198 e. The lowest BCUT2D eigenvalue weighted by atomic mass is 10.3. The van der Waals surface area contributed by atoms with Crippen LogP contribution in [0.5, 0.6) is 0 Å². The predicted molar refractivity (Wildman–Crippen MR) is 69.1 cm³/mol. The van der Waals surface area contributed by atoms with Crippen molar-refractivity contribution in [3.05, 3.63) is 24.2 Å². The van der Waals surface area contributed by atoms with Crippen LogP contribution in [0.1, 0.15) is 12.6 Å². The highest BCUT2D eigenvalue weighted by Gasteiger charge is 2.10. The van der Waals surface area contributed by atoms with Gasteiger partial charge in [-0.3, -0.25) is 0 Å². The Morgan fingerprint density at radius 3 is 2.83 bits per heavy atom. The first-order valence-electron chi connectivity index (χ1n) is 5.83. The first kappa shape index (κ1) is 12.5. The van der Waals surface area contributed by atoms with E-state index in [2.05, 4.69) is 20.3 Å². The fourth-order valence-corrected chi connectivity index (χ4v) is 1.67. The van der Waals surface area contributed by atoms with E-state index in [1.807, 2.05) is 30.8 Å². The Morgan fingerprint density at radius 2 is 2.22 bits per heavy atom. The van der Waals surface area contributed by atoms with Gasteiger partial charge in [0.1, 0.15) is 5.82 Å². The maximum atomic E-state index is 5.12. The zero-order valence-electron chi connectivity index (χ0n) is 10.8. The molecule has 2 heterocycles. The molecule has 0 saturated carbocycles. The summed E-state index contributed by atoms with van der Waals surface area (Å²) in [4.78, 5) is 13.2. The molecule has 0 aliphatic carbocycles. The molecule has 0 aliphatic rings. The SMILES string of the molecule is CCNc1cc(COC)nc(-c2nccn2C)n1. The van der Waals surface area contributed by atoms with Crippen LogP contribution in [-0.4, -0.2) is 33.2 Å². The van der Waals surface area contributed by atoms with E-state index in [1.165, 1.54) is 0 Å². The normalized spacial score (nSPS) is 10.6. The Balaban J connectivity index is 2.42. The number of aromatic nitrogens is 4. The molecule has 0 fully saturated rings. The highest BCUT2D eigenvalue weighted by atomic mass is 16.5. The molecule has 2 rings (SSSR count).